The fourth-order valence-corrected chi connectivity index (χ4v) is 1.94. The van der Waals surface area contributed by atoms with Gasteiger partial charge in [-0.3, -0.25) is 4.79 Å². The molecule has 0 radical (unpaired) electrons. The second-order valence-electron chi connectivity index (χ2n) is 3.57. The van der Waals surface area contributed by atoms with Crippen LogP contribution in [0.2, 0.25) is 0 Å². The van der Waals surface area contributed by atoms with Gasteiger partial charge in [0.1, 0.15) is 5.75 Å². The molecule has 1 aliphatic carbocycles. The predicted octanol–water partition coefficient (Wildman–Crippen LogP) is 2.35. The molecule has 1 aromatic rings. The molecule has 0 aliphatic heterocycles. The maximum absolute atomic E-state index is 11.8. The van der Waals surface area contributed by atoms with Gasteiger partial charge in [0, 0.05) is 6.04 Å². The maximum atomic E-state index is 11.8. The summed E-state index contributed by atoms with van der Waals surface area (Å²) in [6, 6.07) is 5.78. The Labute approximate surface area is 96.9 Å². The summed E-state index contributed by atoms with van der Waals surface area (Å²) < 4.78 is 5.84. The van der Waals surface area contributed by atoms with Crippen molar-refractivity contribution in [1.82, 2.24) is 5.32 Å². The van der Waals surface area contributed by atoms with Crippen LogP contribution in [0.4, 0.5) is 0 Å². The minimum Gasteiger partial charge on any atom is -0.496 e. The van der Waals surface area contributed by atoms with E-state index < -0.39 is 0 Å². The minimum absolute atomic E-state index is 0.0386. The Morgan fingerprint density at radius 2 is 2.27 bits per heavy atom. The maximum Gasteiger partial charge on any atom is 0.252 e. The van der Waals surface area contributed by atoms with Gasteiger partial charge in [-0.15, -0.1) is 0 Å². The number of benzene rings is 1. The first-order valence-electron chi connectivity index (χ1n) is 4.85. The van der Waals surface area contributed by atoms with Gasteiger partial charge in [0.25, 0.3) is 5.91 Å². The summed E-state index contributed by atoms with van der Waals surface area (Å²) in [5, 5.41) is 2.94. The molecule has 80 valence electrons. The van der Waals surface area contributed by atoms with Gasteiger partial charge in [-0.25, -0.2) is 0 Å². The highest BCUT2D eigenvalue weighted by Crippen LogP contribution is 2.29. The van der Waals surface area contributed by atoms with Gasteiger partial charge in [-0.2, -0.15) is 0 Å². The van der Waals surface area contributed by atoms with Crippen LogP contribution in [0, 0.1) is 0 Å². The number of ether oxygens (including phenoxy) is 1. The molecule has 1 aromatic carbocycles. The van der Waals surface area contributed by atoms with Gasteiger partial charge in [0.05, 0.1) is 17.1 Å². The Balaban J connectivity index is 2.22. The van der Waals surface area contributed by atoms with Crippen molar-refractivity contribution < 1.29 is 9.53 Å². The Bertz CT molecular complexity index is 388. The lowest BCUT2D eigenvalue weighted by atomic mass is 10.2. The van der Waals surface area contributed by atoms with Crippen molar-refractivity contribution in [3.05, 3.63) is 28.2 Å². The van der Waals surface area contributed by atoms with E-state index in [9.17, 15) is 4.79 Å². The van der Waals surface area contributed by atoms with Gasteiger partial charge in [-0.05, 0) is 40.9 Å². The number of rotatable bonds is 3. The minimum atomic E-state index is -0.0386. The first-order chi connectivity index (χ1) is 7.22. The third-order valence-electron chi connectivity index (χ3n) is 2.34. The van der Waals surface area contributed by atoms with Crippen molar-refractivity contribution in [2.75, 3.05) is 7.11 Å². The van der Waals surface area contributed by atoms with Crippen molar-refractivity contribution in [1.29, 1.82) is 0 Å². The first-order valence-corrected chi connectivity index (χ1v) is 5.65. The largest absolute Gasteiger partial charge is 0.496 e. The standard InChI is InChI=1S/C11H12BrNO2/c1-15-9-4-2-3-8(10(9)12)11(14)13-7-5-6-7/h2-4,7H,5-6H2,1H3,(H,13,14). The van der Waals surface area contributed by atoms with E-state index in [0.29, 0.717) is 21.8 Å². The quantitative estimate of drug-likeness (QED) is 0.915. The summed E-state index contributed by atoms with van der Waals surface area (Å²) in [5.74, 6) is 0.640. The van der Waals surface area contributed by atoms with E-state index in [1.165, 1.54) is 0 Å². The SMILES string of the molecule is COc1cccc(C(=O)NC2CC2)c1Br. The zero-order valence-electron chi connectivity index (χ0n) is 8.42. The van der Waals surface area contributed by atoms with Crippen molar-refractivity contribution in [2.45, 2.75) is 18.9 Å². The molecule has 0 spiro atoms. The highest BCUT2D eigenvalue weighted by Gasteiger charge is 2.25. The summed E-state index contributed by atoms with van der Waals surface area (Å²) >= 11 is 3.37. The van der Waals surface area contributed by atoms with E-state index in [1.807, 2.05) is 12.1 Å². The van der Waals surface area contributed by atoms with E-state index in [-0.39, 0.29) is 5.91 Å². The lowest BCUT2D eigenvalue weighted by molar-refractivity contribution is 0.0950. The van der Waals surface area contributed by atoms with Crippen LogP contribution in [0.3, 0.4) is 0 Å². The predicted molar refractivity (Wildman–Crippen MR) is 61.2 cm³/mol. The highest BCUT2D eigenvalue weighted by atomic mass is 79.9. The molecule has 0 atom stereocenters. The van der Waals surface area contributed by atoms with Crippen molar-refractivity contribution in [3.8, 4) is 5.75 Å². The summed E-state index contributed by atoms with van der Waals surface area (Å²) in [7, 11) is 1.59. The monoisotopic (exact) mass is 269 g/mol. The molecule has 1 N–H and O–H groups in total. The number of nitrogens with one attached hydrogen (secondary N) is 1. The van der Waals surface area contributed by atoms with Crippen LogP contribution < -0.4 is 10.1 Å². The second-order valence-corrected chi connectivity index (χ2v) is 4.36. The second kappa shape index (κ2) is 4.23. The summed E-state index contributed by atoms with van der Waals surface area (Å²) in [5.41, 5.74) is 0.626. The van der Waals surface area contributed by atoms with E-state index in [1.54, 1.807) is 13.2 Å². The lowest BCUT2D eigenvalue weighted by Gasteiger charge is -2.08. The summed E-state index contributed by atoms with van der Waals surface area (Å²) in [6.07, 6.45) is 2.18. The third-order valence-corrected chi connectivity index (χ3v) is 3.16. The zero-order valence-corrected chi connectivity index (χ0v) is 10.0. The molecule has 0 saturated heterocycles. The molecule has 1 fully saturated rings. The van der Waals surface area contributed by atoms with Crippen LogP contribution in [-0.4, -0.2) is 19.1 Å². The van der Waals surface area contributed by atoms with Crippen LogP contribution in [0.5, 0.6) is 5.75 Å². The molecule has 2 rings (SSSR count). The molecule has 15 heavy (non-hydrogen) atoms. The average Bonchev–Trinajstić information content (AvgIpc) is 3.02. The Morgan fingerprint density at radius 3 is 2.87 bits per heavy atom. The highest BCUT2D eigenvalue weighted by molar-refractivity contribution is 9.10. The van der Waals surface area contributed by atoms with Gasteiger partial charge in [0.2, 0.25) is 0 Å². The fourth-order valence-electron chi connectivity index (χ4n) is 1.33. The Kier molecular flexibility index (Phi) is 2.95. The number of halogens is 1. The number of carbonyl (C=O) groups excluding carboxylic acids is 1. The van der Waals surface area contributed by atoms with E-state index in [2.05, 4.69) is 21.2 Å². The number of hydrogen-bond donors (Lipinski definition) is 1. The average molecular weight is 270 g/mol. The first kappa shape index (κ1) is 10.5. The third kappa shape index (κ3) is 2.31. The molecule has 0 unspecified atom stereocenters. The number of methoxy groups -OCH3 is 1. The zero-order chi connectivity index (χ0) is 10.8. The number of amides is 1. The molecule has 1 amide bonds. The Hall–Kier alpha value is -1.03. The van der Waals surface area contributed by atoms with Crippen LogP contribution in [0.1, 0.15) is 23.2 Å². The molecular formula is C11H12BrNO2. The van der Waals surface area contributed by atoms with Gasteiger partial charge < -0.3 is 10.1 Å². The number of carbonyl (C=O) groups is 1. The van der Waals surface area contributed by atoms with E-state index in [0.717, 1.165) is 12.8 Å². The van der Waals surface area contributed by atoms with Crippen molar-refractivity contribution in [2.24, 2.45) is 0 Å². The van der Waals surface area contributed by atoms with E-state index >= 15 is 0 Å². The van der Waals surface area contributed by atoms with E-state index in [4.69, 9.17) is 4.74 Å². The normalized spacial score (nSPS) is 14.8. The van der Waals surface area contributed by atoms with Crippen LogP contribution >= 0.6 is 15.9 Å². The van der Waals surface area contributed by atoms with Crippen LogP contribution in [0.15, 0.2) is 22.7 Å². The summed E-state index contributed by atoms with van der Waals surface area (Å²) in [6.45, 7) is 0. The molecule has 3 nitrogen and oxygen atoms in total. The fraction of sp³-hybridized carbons (Fsp3) is 0.364. The molecule has 4 heteroatoms. The van der Waals surface area contributed by atoms with Gasteiger partial charge >= 0.3 is 0 Å². The Morgan fingerprint density at radius 1 is 1.53 bits per heavy atom. The lowest BCUT2D eigenvalue weighted by Crippen LogP contribution is -2.25. The molecule has 1 aliphatic rings. The van der Waals surface area contributed by atoms with Crippen molar-refractivity contribution in [3.63, 3.8) is 0 Å². The van der Waals surface area contributed by atoms with Crippen molar-refractivity contribution >= 4 is 21.8 Å². The molecule has 1 saturated carbocycles. The summed E-state index contributed by atoms with van der Waals surface area (Å²) in [4.78, 5) is 11.8. The van der Waals surface area contributed by atoms with Crippen LogP contribution in [0.25, 0.3) is 0 Å². The molecule has 0 aromatic heterocycles. The van der Waals surface area contributed by atoms with Gasteiger partial charge in [-0.1, -0.05) is 6.07 Å². The smallest absolute Gasteiger partial charge is 0.252 e. The molecule has 0 bridgehead atoms. The molecular weight excluding hydrogens is 258 g/mol. The van der Waals surface area contributed by atoms with Crippen LogP contribution in [-0.2, 0) is 0 Å². The topological polar surface area (TPSA) is 38.3 Å². The van der Waals surface area contributed by atoms with Gasteiger partial charge in [0.15, 0.2) is 0 Å². The number of hydrogen-bond acceptors (Lipinski definition) is 2. The molecule has 0 heterocycles.